The van der Waals surface area contributed by atoms with Crippen molar-refractivity contribution in [3.63, 3.8) is 0 Å². The van der Waals surface area contributed by atoms with Gasteiger partial charge in [0.05, 0.1) is 17.3 Å². The molecule has 1 unspecified atom stereocenters. The van der Waals surface area contributed by atoms with Gasteiger partial charge in [-0.15, -0.1) is 0 Å². The fourth-order valence-electron chi connectivity index (χ4n) is 6.44. The van der Waals surface area contributed by atoms with E-state index in [4.69, 9.17) is 5.10 Å². The molecule has 3 N–H and O–H groups in total. The Kier molecular flexibility index (Phi) is 10.3. The van der Waals surface area contributed by atoms with Crippen molar-refractivity contribution in [1.29, 1.82) is 0 Å². The van der Waals surface area contributed by atoms with Crippen LogP contribution in [0.15, 0.2) is 85.1 Å². The van der Waals surface area contributed by atoms with Crippen LogP contribution in [0.2, 0.25) is 0 Å². The van der Waals surface area contributed by atoms with Crippen molar-refractivity contribution in [2.24, 2.45) is 5.92 Å². The Balaban J connectivity index is 1.23. The maximum Gasteiger partial charge on any atom is 0.324 e. The highest BCUT2D eigenvalue weighted by Gasteiger charge is 2.32. The van der Waals surface area contributed by atoms with E-state index in [1.54, 1.807) is 4.68 Å². The average molecular weight is 685 g/mol. The second kappa shape index (κ2) is 14.9. The zero-order chi connectivity index (χ0) is 36.3. The number of rotatable bonds is 9. The van der Waals surface area contributed by atoms with Crippen molar-refractivity contribution in [2.75, 3.05) is 35.7 Å². The molecule has 2 aromatic heterocycles. The summed E-state index contributed by atoms with van der Waals surface area (Å²) in [6, 6.07) is 24.9. The molecule has 2 amide bonds. The van der Waals surface area contributed by atoms with Crippen LogP contribution in [0.3, 0.4) is 0 Å². The molecule has 0 bridgehead atoms. The number of benzene rings is 3. The van der Waals surface area contributed by atoms with Gasteiger partial charge in [-0.2, -0.15) is 5.10 Å². The van der Waals surface area contributed by atoms with Gasteiger partial charge in [-0.25, -0.2) is 19.4 Å². The van der Waals surface area contributed by atoms with Gasteiger partial charge < -0.3 is 15.5 Å². The SMILES string of the molecule is Cc1ccc(-n2nc(C(C)(C)C)cc2NC(=O)Nc2cccc(C(C(=O)c3ccc(N(C)c4ncc(C)c(C)n4)cc3)C3CCNCC3)c2)cc1. The summed E-state index contributed by atoms with van der Waals surface area (Å²) in [5.74, 6) is 1.04. The van der Waals surface area contributed by atoms with Crippen LogP contribution in [-0.2, 0) is 5.41 Å². The lowest BCUT2D eigenvalue weighted by molar-refractivity contribution is 0.0916. The third kappa shape index (κ3) is 8.18. The summed E-state index contributed by atoms with van der Waals surface area (Å²) in [6.07, 6.45) is 3.60. The third-order valence-electron chi connectivity index (χ3n) is 9.69. The van der Waals surface area contributed by atoms with E-state index in [0.29, 0.717) is 23.0 Å². The number of urea groups is 1. The first-order valence-corrected chi connectivity index (χ1v) is 17.6. The first-order chi connectivity index (χ1) is 24.4. The van der Waals surface area contributed by atoms with E-state index >= 15 is 0 Å². The number of anilines is 4. The molecule has 1 saturated heterocycles. The zero-order valence-electron chi connectivity index (χ0n) is 30.6. The summed E-state index contributed by atoms with van der Waals surface area (Å²) >= 11 is 0. The summed E-state index contributed by atoms with van der Waals surface area (Å²) in [6.45, 7) is 14.0. The lowest BCUT2D eigenvalue weighted by Crippen LogP contribution is -2.33. The Morgan fingerprint density at radius 3 is 2.29 bits per heavy atom. The molecule has 1 atom stereocenters. The minimum absolute atomic E-state index is 0.0665. The number of hydrogen-bond acceptors (Lipinski definition) is 7. The zero-order valence-corrected chi connectivity index (χ0v) is 30.6. The van der Waals surface area contributed by atoms with Crippen molar-refractivity contribution in [3.05, 3.63) is 119 Å². The standard InChI is InChI=1S/C41H48N8O2/c1-26-11-15-34(16-12-26)49-36(24-35(47-49)41(4,5)6)46-40(51)45-32-10-8-9-31(23-32)37(29-19-21-42-22-20-29)38(50)30-13-17-33(18-14-30)48(7)39-43-25-27(2)28(3)44-39/h8-18,23-25,29,37,42H,19-22H2,1-7H3,(H2,45,46,51). The molecule has 0 spiro atoms. The normalized spacial score (nSPS) is 14.2. The molecule has 0 radical (unpaired) electrons. The molecular weight excluding hydrogens is 637 g/mol. The number of aryl methyl sites for hydroxylation is 3. The number of carbonyl (C=O) groups is 2. The number of aromatic nitrogens is 4. The number of ketones is 1. The van der Waals surface area contributed by atoms with Crippen molar-refractivity contribution in [3.8, 4) is 5.69 Å². The van der Waals surface area contributed by atoms with Crippen LogP contribution in [0, 0.1) is 26.7 Å². The summed E-state index contributed by atoms with van der Waals surface area (Å²) in [4.78, 5) is 38.9. The van der Waals surface area contributed by atoms with Crippen molar-refractivity contribution in [1.82, 2.24) is 25.1 Å². The minimum atomic E-state index is -0.391. The van der Waals surface area contributed by atoms with Gasteiger partial charge >= 0.3 is 6.03 Å². The third-order valence-corrected chi connectivity index (χ3v) is 9.69. The van der Waals surface area contributed by atoms with Crippen LogP contribution in [0.5, 0.6) is 0 Å². The van der Waals surface area contributed by atoms with Crippen LogP contribution in [0.4, 0.5) is 27.9 Å². The smallest absolute Gasteiger partial charge is 0.317 e. The predicted molar refractivity (Wildman–Crippen MR) is 205 cm³/mol. The summed E-state index contributed by atoms with van der Waals surface area (Å²) in [5, 5.41) is 14.3. The molecule has 3 heterocycles. The van der Waals surface area contributed by atoms with Gasteiger partial charge in [-0.1, -0.05) is 50.6 Å². The quantitative estimate of drug-likeness (QED) is 0.134. The van der Waals surface area contributed by atoms with Crippen molar-refractivity contribution >= 4 is 35.0 Å². The molecule has 6 rings (SSSR count). The van der Waals surface area contributed by atoms with E-state index < -0.39 is 6.03 Å². The molecule has 5 aromatic rings. The Bertz CT molecular complexity index is 2010. The van der Waals surface area contributed by atoms with Gasteiger partial charge in [-0.3, -0.25) is 10.1 Å². The number of nitrogens with one attached hydrogen (secondary N) is 3. The van der Waals surface area contributed by atoms with Crippen molar-refractivity contribution in [2.45, 2.75) is 65.7 Å². The van der Waals surface area contributed by atoms with E-state index in [9.17, 15) is 9.59 Å². The van der Waals surface area contributed by atoms with Crippen LogP contribution < -0.4 is 20.9 Å². The Morgan fingerprint density at radius 2 is 1.63 bits per heavy atom. The van der Waals surface area contributed by atoms with Crippen LogP contribution >= 0.6 is 0 Å². The largest absolute Gasteiger partial charge is 0.324 e. The highest BCUT2D eigenvalue weighted by molar-refractivity contribution is 6.02. The minimum Gasteiger partial charge on any atom is -0.317 e. The molecule has 51 heavy (non-hydrogen) atoms. The van der Waals surface area contributed by atoms with Crippen LogP contribution in [0.1, 0.15) is 78.0 Å². The van der Waals surface area contributed by atoms with E-state index in [-0.39, 0.29) is 23.0 Å². The average Bonchev–Trinajstić information content (AvgIpc) is 3.54. The highest BCUT2D eigenvalue weighted by atomic mass is 16.2. The molecule has 3 aromatic carbocycles. The second-order valence-electron chi connectivity index (χ2n) is 14.6. The van der Waals surface area contributed by atoms with E-state index in [1.807, 2.05) is 118 Å². The van der Waals surface area contributed by atoms with E-state index in [0.717, 1.165) is 65.4 Å². The van der Waals surface area contributed by atoms with Crippen molar-refractivity contribution < 1.29 is 9.59 Å². The molecule has 264 valence electrons. The molecule has 1 fully saturated rings. The molecular formula is C41H48N8O2. The lowest BCUT2D eigenvalue weighted by atomic mass is 9.76. The van der Waals surface area contributed by atoms with E-state index in [2.05, 4.69) is 46.7 Å². The fourth-order valence-corrected chi connectivity index (χ4v) is 6.44. The van der Waals surface area contributed by atoms with Gasteiger partial charge in [0.1, 0.15) is 5.82 Å². The Morgan fingerprint density at radius 1 is 0.922 bits per heavy atom. The molecule has 0 aliphatic carbocycles. The van der Waals surface area contributed by atoms with Gasteiger partial charge in [-0.05, 0) is 112 Å². The molecule has 10 heteroatoms. The van der Waals surface area contributed by atoms with Crippen LogP contribution in [0.25, 0.3) is 5.69 Å². The van der Waals surface area contributed by atoms with Gasteiger partial charge in [0.25, 0.3) is 0 Å². The molecule has 10 nitrogen and oxygen atoms in total. The first kappa shape index (κ1) is 35.5. The second-order valence-corrected chi connectivity index (χ2v) is 14.6. The van der Waals surface area contributed by atoms with E-state index in [1.165, 1.54) is 0 Å². The number of Topliss-reactive ketones (excluding diaryl/α,β-unsaturated/α-hetero) is 1. The lowest BCUT2D eigenvalue weighted by Gasteiger charge is -2.30. The topological polar surface area (TPSA) is 117 Å². The number of amides is 2. The maximum atomic E-state index is 14.4. The monoisotopic (exact) mass is 684 g/mol. The van der Waals surface area contributed by atoms with Gasteiger partial charge in [0, 0.05) is 47.4 Å². The van der Waals surface area contributed by atoms with Gasteiger partial charge in [0.2, 0.25) is 5.95 Å². The maximum absolute atomic E-state index is 14.4. The van der Waals surface area contributed by atoms with Crippen LogP contribution in [-0.4, -0.2) is 51.7 Å². The Hall–Kier alpha value is -5.35. The van der Waals surface area contributed by atoms with Gasteiger partial charge in [0.15, 0.2) is 5.78 Å². The number of hydrogen-bond donors (Lipinski definition) is 3. The highest BCUT2D eigenvalue weighted by Crippen LogP contribution is 2.36. The fraction of sp³-hybridized carbons (Fsp3) is 0.341. The molecule has 1 aliphatic heterocycles. The number of carbonyl (C=O) groups excluding carboxylic acids is 2. The molecule has 1 aliphatic rings. The predicted octanol–water partition coefficient (Wildman–Crippen LogP) is 8.26. The molecule has 0 saturated carbocycles. The summed E-state index contributed by atoms with van der Waals surface area (Å²) in [7, 11) is 1.92. The summed E-state index contributed by atoms with van der Waals surface area (Å²) in [5.41, 5.74) is 7.65. The first-order valence-electron chi connectivity index (χ1n) is 17.6. The Labute approximate surface area is 300 Å². The summed E-state index contributed by atoms with van der Waals surface area (Å²) < 4.78 is 1.76. The number of piperidine rings is 1. The number of nitrogens with zero attached hydrogens (tertiary/aromatic N) is 5.